The maximum Gasteiger partial charge on any atom is 0.380 e. The van der Waals surface area contributed by atoms with Gasteiger partial charge in [0.1, 0.15) is 17.3 Å². The summed E-state index contributed by atoms with van der Waals surface area (Å²) in [6, 6.07) is 11.4. The summed E-state index contributed by atoms with van der Waals surface area (Å²) in [7, 11) is -2.65. The highest BCUT2D eigenvalue weighted by Gasteiger charge is 2.21. The first-order valence-electron chi connectivity index (χ1n) is 8.98. The van der Waals surface area contributed by atoms with Crippen LogP contribution in [0.25, 0.3) is 11.3 Å². The molecule has 2 aromatic carbocycles. The maximum absolute atomic E-state index is 12.9. The second-order valence-electron chi connectivity index (χ2n) is 6.96. The Labute approximate surface area is 174 Å². The Morgan fingerprint density at radius 3 is 2.33 bits per heavy atom. The number of carbonyl (C=O) groups excluding carboxylic acids is 1. The molecule has 1 aromatic heterocycles. The van der Waals surface area contributed by atoms with Gasteiger partial charge in [0.15, 0.2) is 5.76 Å². The van der Waals surface area contributed by atoms with E-state index in [1.165, 1.54) is 11.0 Å². The van der Waals surface area contributed by atoms with Gasteiger partial charge in [-0.3, -0.25) is 4.79 Å². The average Bonchev–Trinajstić information content (AvgIpc) is 3.15. The SMILES string of the molecule is Cc1cc(-c2ccc(C(=O)N(C)c3cccc(OS(N)(=O)=O)c3C)o2)cc(C)c1O. The molecule has 0 atom stereocenters. The number of anilines is 1. The van der Waals surface area contributed by atoms with Crippen molar-refractivity contribution in [3.8, 4) is 22.8 Å². The quantitative estimate of drug-likeness (QED) is 0.639. The highest BCUT2D eigenvalue weighted by molar-refractivity contribution is 7.84. The summed E-state index contributed by atoms with van der Waals surface area (Å²) >= 11 is 0. The number of rotatable bonds is 5. The van der Waals surface area contributed by atoms with Gasteiger partial charge in [-0.25, -0.2) is 0 Å². The molecule has 0 aliphatic rings. The van der Waals surface area contributed by atoms with Crippen molar-refractivity contribution < 1.29 is 26.9 Å². The summed E-state index contributed by atoms with van der Waals surface area (Å²) in [6.45, 7) is 5.19. The zero-order chi connectivity index (χ0) is 22.2. The number of hydrogen-bond acceptors (Lipinski definition) is 6. The molecule has 0 unspecified atom stereocenters. The molecule has 0 spiro atoms. The standard InChI is InChI=1S/C21H22N2O6S/c1-12-10-15(11-13(2)20(12)24)18-8-9-19(28-18)21(25)23(4)16-6-5-7-17(14(16)3)29-30(22,26)27/h5-11,24H,1-4H3,(H2,22,26,27). The molecule has 0 bridgehead atoms. The highest BCUT2D eigenvalue weighted by atomic mass is 32.2. The van der Waals surface area contributed by atoms with E-state index in [4.69, 9.17) is 13.7 Å². The van der Waals surface area contributed by atoms with Gasteiger partial charge in [-0.15, -0.1) is 0 Å². The van der Waals surface area contributed by atoms with Gasteiger partial charge >= 0.3 is 10.3 Å². The first-order valence-corrected chi connectivity index (χ1v) is 10.5. The number of hydrogen-bond donors (Lipinski definition) is 2. The Balaban J connectivity index is 1.91. The summed E-state index contributed by atoms with van der Waals surface area (Å²) in [5.74, 6) is 0.418. The number of nitrogens with two attached hydrogens (primary N) is 1. The van der Waals surface area contributed by atoms with Crippen LogP contribution in [-0.4, -0.2) is 26.5 Å². The van der Waals surface area contributed by atoms with Crippen molar-refractivity contribution in [2.75, 3.05) is 11.9 Å². The molecule has 0 aliphatic carbocycles. The van der Waals surface area contributed by atoms with Crippen molar-refractivity contribution in [2.24, 2.45) is 5.14 Å². The molecular formula is C21H22N2O6S. The molecule has 0 fully saturated rings. The van der Waals surface area contributed by atoms with Gasteiger partial charge in [-0.05, 0) is 68.3 Å². The van der Waals surface area contributed by atoms with Gasteiger partial charge in [-0.1, -0.05) is 6.07 Å². The van der Waals surface area contributed by atoms with Gasteiger partial charge in [-0.2, -0.15) is 13.6 Å². The van der Waals surface area contributed by atoms with Crippen molar-refractivity contribution in [2.45, 2.75) is 20.8 Å². The van der Waals surface area contributed by atoms with E-state index < -0.39 is 16.2 Å². The third-order valence-electron chi connectivity index (χ3n) is 4.72. The Morgan fingerprint density at radius 1 is 1.10 bits per heavy atom. The van der Waals surface area contributed by atoms with E-state index in [0.717, 1.165) is 5.56 Å². The average molecular weight is 430 g/mol. The minimum Gasteiger partial charge on any atom is -0.507 e. The molecule has 30 heavy (non-hydrogen) atoms. The number of amides is 1. The lowest BCUT2D eigenvalue weighted by Gasteiger charge is -2.19. The van der Waals surface area contributed by atoms with E-state index >= 15 is 0 Å². The lowest BCUT2D eigenvalue weighted by atomic mass is 10.0. The molecule has 3 N–H and O–H groups in total. The lowest BCUT2D eigenvalue weighted by molar-refractivity contribution is 0.0967. The molecule has 158 valence electrons. The number of aryl methyl sites for hydroxylation is 2. The largest absolute Gasteiger partial charge is 0.507 e. The van der Waals surface area contributed by atoms with Crippen LogP contribution >= 0.6 is 0 Å². The van der Waals surface area contributed by atoms with Gasteiger partial charge in [0.25, 0.3) is 5.91 Å². The number of nitrogens with zero attached hydrogens (tertiary/aromatic N) is 1. The fraction of sp³-hybridized carbons (Fsp3) is 0.190. The zero-order valence-electron chi connectivity index (χ0n) is 17.0. The molecule has 1 amide bonds. The van der Waals surface area contributed by atoms with E-state index in [-0.39, 0.29) is 17.3 Å². The summed E-state index contributed by atoms with van der Waals surface area (Å²) in [5.41, 5.74) is 3.01. The first kappa shape index (κ1) is 21.4. The predicted octanol–water partition coefficient (Wildman–Crippen LogP) is 3.44. The van der Waals surface area contributed by atoms with Crippen LogP contribution in [0.1, 0.15) is 27.2 Å². The smallest absolute Gasteiger partial charge is 0.380 e. The molecule has 3 rings (SSSR count). The van der Waals surface area contributed by atoms with Crippen molar-refractivity contribution in [1.82, 2.24) is 0 Å². The topological polar surface area (TPSA) is 123 Å². The van der Waals surface area contributed by atoms with Crippen LogP contribution < -0.4 is 14.2 Å². The molecule has 0 radical (unpaired) electrons. The van der Waals surface area contributed by atoms with Crippen LogP contribution in [0.15, 0.2) is 46.9 Å². The Bertz CT molecular complexity index is 1210. The molecule has 3 aromatic rings. The predicted molar refractivity (Wildman–Crippen MR) is 113 cm³/mol. The maximum atomic E-state index is 12.9. The molecule has 8 nitrogen and oxygen atoms in total. The summed E-state index contributed by atoms with van der Waals surface area (Å²) in [4.78, 5) is 14.3. The molecule has 1 heterocycles. The molecule has 0 aliphatic heterocycles. The van der Waals surface area contributed by atoms with Gasteiger partial charge in [0, 0.05) is 18.2 Å². The van der Waals surface area contributed by atoms with Crippen LogP contribution in [0.5, 0.6) is 11.5 Å². The molecule has 0 saturated carbocycles. The van der Waals surface area contributed by atoms with Gasteiger partial charge in [0.05, 0.1) is 5.69 Å². The van der Waals surface area contributed by atoms with Crippen LogP contribution in [-0.2, 0) is 10.3 Å². The number of furan rings is 1. The van der Waals surface area contributed by atoms with Crippen molar-refractivity contribution in [3.05, 3.63) is 64.9 Å². The second kappa shape index (κ2) is 7.85. The van der Waals surface area contributed by atoms with Gasteiger partial charge < -0.3 is 18.6 Å². The second-order valence-corrected chi connectivity index (χ2v) is 8.12. The summed E-state index contributed by atoms with van der Waals surface area (Å²) < 4.78 is 33.0. The van der Waals surface area contributed by atoms with Crippen molar-refractivity contribution >= 4 is 21.9 Å². The summed E-state index contributed by atoms with van der Waals surface area (Å²) in [6.07, 6.45) is 0. The van der Waals surface area contributed by atoms with Crippen LogP contribution in [0.2, 0.25) is 0 Å². The molecule has 0 saturated heterocycles. The first-order chi connectivity index (χ1) is 14.0. The van der Waals surface area contributed by atoms with Crippen molar-refractivity contribution in [1.29, 1.82) is 0 Å². The number of phenolic OH excluding ortho intramolecular Hbond substituents is 1. The van der Waals surface area contributed by atoms with Crippen LogP contribution in [0.4, 0.5) is 5.69 Å². The Hall–Kier alpha value is -3.30. The lowest BCUT2D eigenvalue weighted by Crippen LogP contribution is -2.27. The van der Waals surface area contributed by atoms with E-state index in [9.17, 15) is 18.3 Å². The Kier molecular flexibility index (Phi) is 5.60. The molecule has 9 heteroatoms. The third-order valence-corrected chi connectivity index (χ3v) is 5.13. The van der Waals surface area contributed by atoms with E-state index in [1.807, 2.05) is 0 Å². The highest BCUT2D eigenvalue weighted by Crippen LogP contribution is 2.32. The normalized spacial score (nSPS) is 11.4. The van der Waals surface area contributed by atoms with Gasteiger partial charge in [0.2, 0.25) is 0 Å². The minimum atomic E-state index is -4.19. The van der Waals surface area contributed by atoms with Crippen molar-refractivity contribution in [3.63, 3.8) is 0 Å². The van der Waals surface area contributed by atoms with E-state index in [0.29, 0.717) is 28.1 Å². The van der Waals surface area contributed by atoms with Crippen LogP contribution in [0.3, 0.4) is 0 Å². The fourth-order valence-corrected chi connectivity index (χ4v) is 3.59. The number of carbonyl (C=O) groups is 1. The summed E-state index contributed by atoms with van der Waals surface area (Å²) in [5, 5.41) is 14.9. The number of benzene rings is 2. The molecular weight excluding hydrogens is 408 g/mol. The zero-order valence-corrected chi connectivity index (χ0v) is 17.8. The minimum absolute atomic E-state index is 0.0322. The fourth-order valence-electron chi connectivity index (χ4n) is 3.16. The van der Waals surface area contributed by atoms with E-state index in [2.05, 4.69) is 0 Å². The number of phenols is 1. The Morgan fingerprint density at radius 2 is 1.73 bits per heavy atom. The van der Waals surface area contributed by atoms with E-state index in [1.54, 1.807) is 64.2 Å². The third kappa shape index (κ3) is 4.32. The van der Waals surface area contributed by atoms with Crippen LogP contribution in [0, 0.1) is 20.8 Å². The monoisotopic (exact) mass is 430 g/mol. The number of aromatic hydroxyl groups is 1.